The van der Waals surface area contributed by atoms with Crippen LogP contribution in [0.3, 0.4) is 0 Å². The lowest BCUT2D eigenvalue weighted by Crippen LogP contribution is -2.16. The van der Waals surface area contributed by atoms with Crippen LogP contribution in [0.5, 0.6) is 0 Å². The van der Waals surface area contributed by atoms with Crippen LogP contribution in [0, 0.1) is 6.92 Å². The van der Waals surface area contributed by atoms with Crippen molar-refractivity contribution in [2.75, 3.05) is 14.1 Å². The summed E-state index contributed by atoms with van der Waals surface area (Å²) < 4.78 is 41.9. The molecule has 0 unspecified atom stereocenters. The standard InChI is InChI=1S/C22H19F3N4OS/c1-13-4-6-15(17(8-13)22(23,24)25)12-29-18-7-5-14(9-16(18)11-26-29)10-19-20(30)27-21(31-19)28(2)3/h4-11H,12H2,1-3H3/b19-10-. The zero-order valence-electron chi connectivity index (χ0n) is 17.1. The number of amidine groups is 1. The molecule has 2 aromatic carbocycles. The highest BCUT2D eigenvalue weighted by atomic mass is 32.2. The summed E-state index contributed by atoms with van der Waals surface area (Å²) in [5, 5.41) is 5.69. The molecule has 31 heavy (non-hydrogen) atoms. The summed E-state index contributed by atoms with van der Waals surface area (Å²) in [5.41, 5.74) is 1.58. The van der Waals surface area contributed by atoms with Gasteiger partial charge in [-0.3, -0.25) is 9.48 Å². The van der Waals surface area contributed by atoms with E-state index in [1.54, 1.807) is 40.9 Å². The van der Waals surface area contributed by atoms with Crippen LogP contribution in [-0.2, 0) is 17.5 Å². The molecule has 5 nitrogen and oxygen atoms in total. The molecule has 4 rings (SSSR count). The number of rotatable bonds is 3. The van der Waals surface area contributed by atoms with Gasteiger partial charge in [0.15, 0.2) is 5.17 Å². The first-order chi connectivity index (χ1) is 14.6. The number of nitrogens with zero attached hydrogens (tertiary/aromatic N) is 4. The van der Waals surface area contributed by atoms with Crippen LogP contribution in [0.25, 0.3) is 17.0 Å². The number of aryl methyl sites for hydroxylation is 1. The first kappa shape index (κ1) is 21.2. The Morgan fingerprint density at radius 1 is 1.16 bits per heavy atom. The van der Waals surface area contributed by atoms with Crippen molar-refractivity contribution in [1.82, 2.24) is 14.7 Å². The molecule has 1 aromatic heterocycles. The minimum absolute atomic E-state index is 0.00737. The summed E-state index contributed by atoms with van der Waals surface area (Å²) in [6.45, 7) is 1.64. The molecule has 0 fully saturated rings. The Hall–Kier alpha value is -3.07. The predicted octanol–water partition coefficient (Wildman–Crippen LogP) is 4.94. The Morgan fingerprint density at radius 3 is 2.61 bits per heavy atom. The number of aromatic nitrogens is 2. The molecule has 0 N–H and O–H groups in total. The van der Waals surface area contributed by atoms with Crippen LogP contribution < -0.4 is 0 Å². The number of hydrogen-bond acceptors (Lipinski definition) is 4. The lowest BCUT2D eigenvalue weighted by atomic mass is 10.0. The van der Waals surface area contributed by atoms with Gasteiger partial charge in [0.05, 0.1) is 28.7 Å². The predicted molar refractivity (Wildman–Crippen MR) is 117 cm³/mol. The van der Waals surface area contributed by atoms with Gasteiger partial charge in [0.1, 0.15) is 0 Å². The molecule has 2 heterocycles. The van der Waals surface area contributed by atoms with Crippen molar-refractivity contribution in [3.63, 3.8) is 0 Å². The summed E-state index contributed by atoms with van der Waals surface area (Å²) in [4.78, 5) is 18.4. The highest BCUT2D eigenvalue weighted by molar-refractivity contribution is 8.18. The second-order valence-corrected chi connectivity index (χ2v) is 8.49. The molecule has 0 saturated heterocycles. The minimum atomic E-state index is -4.43. The van der Waals surface area contributed by atoms with Gasteiger partial charge in [-0.2, -0.15) is 23.3 Å². The van der Waals surface area contributed by atoms with Crippen LogP contribution in [0.15, 0.2) is 52.5 Å². The highest BCUT2D eigenvalue weighted by Crippen LogP contribution is 2.34. The quantitative estimate of drug-likeness (QED) is 0.537. The van der Waals surface area contributed by atoms with Crippen molar-refractivity contribution in [3.05, 3.63) is 69.8 Å². The van der Waals surface area contributed by atoms with Gasteiger partial charge in [0.25, 0.3) is 5.91 Å². The minimum Gasteiger partial charge on any atom is -0.357 e. The van der Waals surface area contributed by atoms with Crippen molar-refractivity contribution >= 4 is 39.8 Å². The smallest absolute Gasteiger partial charge is 0.357 e. The lowest BCUT2D eigenvalue weighted by molar-refractivity contribution is -0.138. The number of halogens is 3. The van der Waals surface area contributed by atoms with Crippen molar-refractivity contribution in [2.45, 2.75) is 19.6 Å². The van der Waals surface area contributed by atoms with Gasteiger partial charge in [-0.1, -0.05) is 23.8 Å². The molecule has 0 bridgehead atoms. The largest absolute Gasteiger partial charge is 0.416 e. The fourth-order valence-electron chi connectivity index (χ4n) is 3.32. The lowest BCUT2D eigenvalue weighted by Gasteiger charge is -2.14. The summed E-state index contributed by atoms with van der Waals surface area (Å²) in [6, 6.07) is 9.79. The molecule has 160 valence electrons. The maximum atomic E-state index is 13.4. The van der Waals surface area contributed by atoms with Crippen molar-refractivity contribution < 1.29 is 18.0 Å². The maximum Gasteiger partial charge on any atom is 0.416 e. The average Bonchev–Trinajstić information content (AvgIpc) is 3.26. The number of carbonyl (C=O) groups is 1. The van der Waals surface area contributed by atoms with Gasteiger partial charge in [0, 0.05) is 19.5 Å². The number of hydrogen-bond donors (Lipinski definition) is 0. The third-order valence-corrected chi connectivity index (χ3v) is 6.00. The first-order valence-corrected chi connectivity index (χ1v) is 10.3. The number of thioether (sulfide) groups is 1. The number of carbonyl (C=O) groups excluding carboxylic acids is 1. The Balaban J connectivity index is 1.63. The van der Waals surface area contributed by atoms with Crippen molar-refractivity contribution in [2.24, 2.45) is 4.99 Å². The van der Waals surface area contributed by atoms with Crippen LogP contribution in [0.4, 0.5) is 13.2 Å². The zero-order chi connectivity index (χ0) is 22.3. The zero-order valence-corrected chi connectivity index (χ0v) is 17.9. The molecule has 0 radical (unpaired) electrons. The number of benzene rings is 2. The molecule has 3 aromatic rings. The van der Waals surface area contributed by atoms with E-state index >= 15 is 0 Å². The topological polar surface area (TPSA) is 50.5 Å². The van der Waals surface area contributed by atoms with E-state index in [4.69, 9.17) is 0 Å². The van der Waals surface area contributed by atoms with Crippen LogP contribution in [0.1, 0.15) is 22.3 Å². The van der Waals surface area contributed by atoms with Gasteiger partial charge in [-0.15, -0.1) is 0 Å². The summed E-state index contributed by atoms with van der Waals surface area (Å²) in [7, 11) is 3.64. The first-order valence-electron chi connectivity index (χ1n) is 9.44. The van der Waals surface area contributed by atoms with Gasteiger partial charge in [-0.05, 0) is 54.1 Å². The third kappa shape index (κ3) is 4.36. The van der Waals surface area contributed by atoms with Crippen LogP contribution in [-0.4, -0.2) is 39.9 Å². The maximum absolute atomic E-state index is 13.4. The van der Waals surface area contributed by atoms with E-state index < -0.39 is 11.7 Å². The number of fused-ring (bicyclic) bond motifs is 1. The summed E-state index contributed by atoms with van der Waals surface area (Å²) in [6.07, 6.45) is -1.06. The molecule has 1 aliphatic heterocycles. The van der Waals surface area contributed by atoms with Gasteiger partial charge >= 0.3 is 6.18 Å². The third-order valence-electron chi connectivity index (χ3n) is 4.85. The molecule has 9 heteroatoms. The monoisotopic (exact) mass is 444 g/mol. The van der Waals surface area contributed by atoms with E-state index in [2.05, 4.69) is 10.1 Å². The van der Waals surface area contributed by atoms with Crippen molar-refractivity contribution in [3.8, 4) is 0 Å². The van der Waals surface area contributed by atoms with E-state index in [1.165, 1.54) is 17.8 Å². The normalized spacial score (nSPS) is 15.7. The van der Waals surface area contributed by atoms with E-state index in [-0.39, 0.29) is 18.0 Å². The SMILES string of the molecule is Cc1ccc(Cn2ncc3cc(/C=C4\SC(N(C)C)=NC4=O)ccc32)c(C(F)(F)F)c1. The van der Waals surface area contributed by atoms with Crippen molar-refractivity contribution in [1.29, 1.82) is 0 Å². The molecular weight excluding hydrogens is 425 g/mol. The average molecular weight is 444 g/mol. The second kappa shape index (κ2) is 7.88. The van der Waals surface area contributed by atoms with Crippen LogP contribution >= 0.6 is 11.8 Å². The molecule has 0 atom stereocenters. The molecule has 0 spiro atoms. The summed E-state index contributed by atoms with van der Waals surface area (Å²) >= 11 is 1.30. The van der Waals surface area contributed by atoms with Gasteiger partial charge in [0.2, 0.25) is 0 Å². The second-order valence-electron chi connectivity index (χ2n) is 7.48. The molecule has 1 aliphatic rings. The number of aliphatic imine (C=N–C) groups is 1. The Morgan fingerprint density at radius 2 is 1.94 bits per heavy atom. The Labute approximate surface area is 181 Å². The molecule has 1 amide bonds. The van der Waals surface area contributed by atoms with E-state index in [1.807, 2.05) is 26.2 Å². The van der Waals surface area contributed by atoms with Crippen LogP contribution in [0.2, 0.25) is 0 Å². The Kier molecular flexibility index (Phi) is 5.38. The summed E-state index contributed by atoms with van der Waals surface area (Å²) in [5.74, 6) is -0.288. The Bertz CT molecular complexity index is 1240. The molecular formula is C22H19F3N4OS. The van der Waals surface area contributed by atoms with Gasteiger partial charge in [-0.25, -0.2) is 0 Å². The number of alkyl halides is 3. The van der Waals surface area contributed by atoms with Gasteiger partial charge < -0.3 is 4.90 Å². The van der Waals surface area contributed by atoms with E-state index in [0.29, 0.717) is 21.2 Å². The van der Waals surface area contributed by atoms with E-state index in [0.717, 1.165) is 17.0 Å². The highest BCUT2D eigenvalue weighted by Gasteiger charge is 2.33. The fraction of sp³-hybridized carbons (Fsp3) is 0.227. The fourth-order valence-corrected chi connectivity index (χ4v) is 4.15. The van der Waals surface area contributed by atoms with E-state index in [9.17, 15) is 18.0 Å². The molecule has 0 saturated carbocycles. The number of amides is 1. The molecule has 0 aliphatic carbocycles.